The summed E-state index contributed by atoms with van der Waals surface area (Å²) in [6.45, 7) is 0. The molecule has 1 aromatic heterocycles. The lowest BCUT2D eigenvalue weighted by Crippen LogP contribution is -1.92. The molecule has 0 amide bonds. The Balaban J connectivity index is 0.887. The number of hydrogen-bond acceptors (Lipinski definition) is 0. The van der Waals surface area contributed by atoms with E-state index in [1.807, 2.05) is 0 Å². The van der Waals surface area contributed by atoms with Gasteiger partial charge in [0.2, 0.25) is 0 Å². The fraction of sp³-hybridized carbons (Fsp3) is 0. The van der Waals surface area contributed by atoms with E-state index in [4.69, 9.17) is 0 Å². The number of rotatable bonds is 6. The van der Waals surface area contributed by atoms with Crippen LogP contribution in [0.3, 0.4) is 0 Å². The number of aromatic nitrogens is 1. The Labute approximate surface area is 400 Å². The third-order valence-electron chi connectivity index (χ3n) is 14.6. The molecule has 1 heterocycles. The van der Waals surface area contributed by atoms with Gasteiger partial charge in [-0.1, -0.05) is 212 Å². The largest absolute Gasteiger partial charge is 0.316 e. The minimum absolute atomic E-state index is 1.12. The zero-order valence-electron chi connectivity index (χ0n) is 37.8. The SMILES string of the molecule is c1ccc2c(c1)cc(-c1ccc(-c3ccc4c(c3)c(-c3ccc(-c5cc6ccccc6c6ccccc56)cc3)cn4-c3ccc(-c4cc5ccccc5c5ccccc45)cc3)cc1)c1ccccc12. The highest BCUT2D eigenvalue weighted by Crippen LogP contribution is 2.42. The average molecular weight is 874 g/mol. The summed E-state index contributed by atoms with van der Waals surface area (Å²) in [4.78, 5) is 0. The summed E-state index contributed by atoms with van der Waals surface area (Å²) in [5.74, 6) is 0. The second-order valence-corrected chi connectivity index (χ2v) is 18.4. The second kappa shape index (κ2) is 15.8. The molecular formula is C68H43N. The first-order chi connectivity index (χ1) is 34.2. The topological polar surface area (TPSA) is 4.93 Å². The van der Waals surface area contributed by atoms with E-state index in [0.29, 0.717) is 0 Å². The van der Waals surface area contributed by atoms with Crippen LogP contribution in [-0.2, 0) is 0 Å². The Hall–Kier alpha value is -9.04. The van der Waals surface area contributed by atoms with Crippen molar-refractivity contribution in [3.8, 4) is 61.3 Å². The maximum Gasteiger partial charge on any atom is 0.0535 e. The van der Waals surface area contributed by atoms with E-state index in [1.165, 1.54) is 131 Å². The van der Waals surface area contributed by atoms with Gasteiger partial charge in [-0.25, -0.2) is 0 Å². The zero-order valence-corrected chi connectivity index (χ0v) is 37.8. The molecule has 14 aromatic rings. The van der Waals surface area contributed by atoms with Crippen molar-refractivity contribution in [2.24, 2.45) is 0 Å². The minimum Gasteiger partial charge on any atom is -0.316 e. The predicted octanol–water partition coefficient (Wildman–Crippen LogP) is 18.9. The van der Waals surface area contributed by atoms with Crippen LogP contribution < -0.4 is 0 Å². The van der Waals surface area contributed by atoms with Crippen LogP contribution in [0.2, 0.25) is 0 Å². The first-order valence-corrected chi connectivity index (χ1v) is 23.9. The minimum atomic E-state index is 1.12. The third-order valence-corrected chi connectivity index (χ3v) is 14.6. The van der Waals surface area contributed by atoms with Crippen LogP contribution in [-0.4, -0.2) is 4.57 Å². The maximum absolute atomic E-state index is 2.39. The third kappa shape index (κ3) is 6.47. The van der Waals surface area contributed by atoms with Gasteiger partial charge in [-0.05, 0) is 157 Å². The molecule has 1 nitrogen and oxygen atoms in total. The summed E-state index contributed by atoms with van der Waals surface area (Å²) in [5, 5.41) is 16.5. The quantitative estimate of drug-likeness (QED) is 0.147. The van der Waals surface area contributed by atoms with E-state index in [2.05, 4.69) is 266 Å². The molecule has 1 heteroatoms. The van der Waals surface area contributed by atoms with Crippen molar-refractivity contribution in [3.05, 3.63) is 261 Å². The molecule has 69 heavy (non-hydrogen) atoms. The van der Waals surface area contributed by atoms with Gasteiger partial charge >= 0.3 is 0 Å². The van der Waals surface area contributed by atoms with Crippen LogP contribution in [0.5, 0.6) is 0 Å². The molecule has 0 saturated heterocycles. The van der Waals surface area contributed by atoms with Crippen LogP contribution in [0.1, 0.15) is 0 Å². The maximum atomic E-state index is 2.39. The predicted molar refractivity (Wildman–Crippen MR) is 295 cm³/mol. The van der Waals surface area contributed by atoms with Crippen molar-refractivity contribution < 1.29 is 0 Å². The molecule has 0 unspecified atom stereocenters. The highest BCUT2D eigenvalue weighted by atomic mass is 15.0. The van der Waals surface area contributed by atoms with E-state index < -0.39 is 0 Å². The molecule has 0 spiro atoms. The highest BCUT2D eigenvalue weighted by Gasteiger charge is 2.17. The van der Waals surface area contributed by atoms with Crippen LogP contribution in [0.25, 0.3) is 137 Å². The number of fused-ring (bicyclic) bond motifs is 10. The Bertz CT molecular complexity index is 4320. The Morgan fingerprint density at radius 1 is 0.203 bits per heavy atom. The molecule has 0 radical (unpaired) electrons. The molecule has 0 aliphatic rings. The fourth-order valence-electron chi connectivity index (χ4n) is 11.2. The van der Waals surface area contributed by atoms with Crippen LogP contribution in [0, 0.1) is 0 Å². The van der Waals surface area contributed by atoms with Gasteiger partial charge in [0, 0.05) is 22.8 Å². The number of hydrogen-bond donors (Lipinski definition) is 0. The van der Waals surface area contributed by atoms with E-state index in [-0.39, 0.29) is 0 Å². The van der Waals surface area contributed by atoms with Gasteiger partial charge < -0.3 is 4.57 Å². The summed E-state index contributed by atoms with van der Waals surface area (Å²) >= 11 is 0. The van der Waals surface area contributed by atoms with Crippen LogP contribution in [0.4, 0.5) is 0 Å². The first kappa shape index (κ1) is 39.2. The molecule has 0 N–H and O–H groups in total. The summed E-state index contributed by atoms with van der Waals surface area (Å²) in [6.07, 6.45) is 2.34. The molecule has 13 aromatic carbocycles. The van der Waals surface area contributed by atoms with E-state index >= 15 is 0 Å². The second-order valence-electron chi connectivity index (χ2n) is 18.4. The van der Waals surface area contributed by atoms with Gasteiger partial charge in [0.05, 0.1) is 5.52 Å². The molecule has 0 fully saturated rings. The van der Waals surface area contributed by atoms with Crippen LogP contribution >= 0.6 is 0 Å². The molecule has 0 aliphatic carbocycles. The Morgan fingerprint density at radius 2 is 0.522 bits per heavy atom. The number of benzene rings is 13. The van der Waals surface area contributed by atoms with Gasteiger partial charge in [0.25, 0.3) is 0 Å². The van der Waals surface area contributed by atoms with Crippen molar-refractivity contribution >= 4 is 75.5 Å². The van der Waals surface area contributed by atoms with Crippen molar-refractivity contribution in [2.75, 3.05) is 0 Å². The lowest BCUT2D eigenvalue weighted by atomic mass is 9.92. The monoisotopic (exact) mass is 873 g/mol. The normalized spacial score (nSPS) is 11.8. The first-order valence-electron chi connectivity index (χ1n) is 23.9. The van der Waals surface area contributed by atoms with Gasteiger partial charge in [-0.2, -0.15) is 0 Å². The zero-order chi connectivity index (χ0) is 45.4. The smallest absolute Gasteiger partial charge is 0.0535 e. The number of nitrogens with zero attached hydrogens (tertiary/aromatic N) is 1. The fourth-order valence-corrected chi connectivity index (χ4v) is 11.2. The summed E-state index contributed by atoms with van der Waals surface area (Å²) in [6, 6.07) is 94.0. The van der Waals surface area contributed by atoms with E-state index in [1.54, 1.807) is 0 Å². The molecular weight excluding hydrogens is 831 g/mol. The standard InChI is InChI=1S/C68H43N/c1-4-16-54-50(13-1)40-63(60-22-10-7-19-57(54)60)45-27-25-44(26-28-45)49-35-38-68-66(39-49)67(48-31-29-46(30-32-48)64-41-51-14-2-5-17-55(51)58-20-8-11-23-61(58)64)43-69(68)53-36-33-47(34-37-53)65-42-52-15-3-6-18-56(52)59-21-9-12-24-62(59)65/h1-43H. The summed E-state index contributed by atoms with van der Waals surface area (Å²) < 4.78 is 2.37. The lowest BCUT2D eigenvalue weighted by Gasteiger charge is -2.13. The van der Waals surface area contributed by atoms with Gasteiger partial charge in [-0.15, -0.1) is 0 Å². The Kier molecular flexibility index (Phi) is 8.97. The summed E-state index contributed by atoms with van der Waals surface area (Å²) in [5.41, 5.74) is 14.4. The van der Waals surface area contributed by atoms with Gasteiger partial charge in [0.15, 0.2) is 0 Å². The molecule has 0 aliphatic heterocycles. The van der Waals surface area contributed by atoms with Crippen molar-refractivity contribution in [3.63, 3.8) is 0 Å². The van der Waals surface area contributed by atoms with Gasteiger partial charge in [0.1, 0.15) is 0 Å². The summed E-state index contributed by atoms with van der Waals surface area (Å²) in [7, 11) is 0. The molecule has 0 saturated carbocycles. The van der Waals surface area contributed by atoms with E-state index in [9.17, 15) is 0 Å². The van der Waals surface area contributed by atoms with Crippen molar-refractivity contribution in [2.45, 2.75) is 0 Å². The van der Waals surface area contributed by atoms with Crippen LogP contribution in [0.15, 0.2) is 261 Å². The Morgan fingerprint density at radius 3 is 0.942 bits per heavy atom. The molecule has 14 rings (SSSR count). The highest BCUT2D eigenvalue weighted by molar-refractivity contribution is 6.16. The molecule has 0 bridgehead atoms. The average Bonchev–Trinajstić information content (AvgIpc) is 3.81. The molecule has 320 valence electrons. The van der Waals surface area contributed by atoms with Gasteiger partial charge in [-0.3, -0.25) is 0 Å². The van der Waals surface area contributed by atoms with Crippen molar-refractivity contribution in [1.29, 1.82) is 0 Å². The lowest BCUT2D eigenvalue weighted by molar-refractivity contribution is 1.13. The molecule has 0 atom stereocenters. The van der Waals surface area contributed by atoms with E-state index in [0.717, 1.165) is 5.69 Å². The van der Waals surface area contributed by atoms with Crippen molar-refractivity contribution in [1.82, 2.24) is 4.57 Å².